The molecule has 2 atom stereocenters. The molecule has 0 spiro atoms. The summed E-state index contributed by atoms with van der Waals surface area (Å²) in [6.45, 7) is 4.32. The van der Waals surface area contributed by atoms with E-state index in [0.29, 0.717) is 48.0 Å². The number of anilines is 1. The van der Waals surface area contributed by atoms with Gasteiger partial charge >= 0.3 is 5.97 Å². The number of hydrogen-bond donors (Lipinski definition) is 3. The van der Waals surface area contributed by atoms with E-state index in [-0.39, 0.29) is 11.8 Å². The summed E-state index contributed by atoms with van der Waals surface area (Å²) in [4.78, 5) is 36.3. The normalized spacial score (nSPS) is 12.5. The van der Waals surface area contributed by atoms with Crippen LogP contribution in [0.15, 0.2) is 18.2 Å². The topological polar surface area (TPSA) is 96.5 Å². The number of amides is 2. The molecule has 0 saturated carbocycles. The van der Waals surface area contributed by atoms with Crippen molar-refractivity contribution in [3.05, 3.63) is 28.2 Å². The van der Waals surface area contributed by atoms with E-state index in [0.717, 1.165) is 19.3 Å². The number of carbonyl (C=O) groups excluding carboxylic acids is 3. The molecule has 1 aromatic carbocycles. The fraction of sp³-hybridized carbons (Fsp3) is 0.591. The molecule has 0 aromatic heterocycles. The van der Waals surface area contributed by atoms with Crippen molar-refractivity contribution in [2.45, 2.75) is 70.9 Å². The number of benzene rings is 1. The van der Waals surface area contributed by atoms with Crippen LogP contribution in [-0.4, -0.2) is 43.5 Å². The van der Waals surface area contributed by atoms with Crippen molar-refractivity contribution in [2.75, 3.05) is 19.0 Å². The van der Waals surface area contributed by atoms with Gasteiger partial charge in [-0.1, -0.05) is 43.0 Å². The second-order valence-corrected chi connectivity index (χ2v) is 8.20. The third-order valence-corrected chi connectivity index (χ3v) is 5.49. The molecule has 0 aliphatic heterocycles. The molecule has 9 heteroatoms. The molecule has 0 bridgehead atoms. The van der Waals surface area contributed by atoms with Crippen LogP contribution in [0.25, 0.3) is 0 Å². The summed E-state index contributed by atoms with van der Waals surface area (Å²) in [5.41, 5.74) is 0.640. The van der Waals surface area contributed by atoms with Crippen LogP contribution in [0, 0.1) is 0 Å². The van der Waals surface area contributed by atoms with Crippen molar-refractivity contribution in [3.8, 4) is 0 Å². The summed E-state index contributed by atoms with van der Waals surface area (Å²) in [5.74, 6) is -0.794. The Hall–Kier alpha value is -1.99. The fourth-order valence-corrected chi connectivity index (χ4v) is 3.21. The molecule has 31 heavy (non-hydrogen) atoms. The van der Waals surface area contributed by atoms with Crippen LogP contribution in [0.1, 0.15) is 58.8 Å². The number of carbonyl (C=O) groups is 3. The van der Waals surface area contributed by atoms with E-state index < -0.39 is 18.1 Å². The molecule has 0 heterocycles. The summed E-state index contributed by atoms with van der Waals surface area (Å²) >= 11 is 11.9. The Bertz CT molecular complexity index is 731. The monoisotopic (exact) mass is 473 g/mol. The molecule has 0 aliphatic rings. The maximum absolute atomic E-state index is 12.5. The van der Waals surface area contributed by atoms with E-state index in [2.05, 4.69) is 22.9 Å². The number of unbranched alkanes of at least 4 members (excludes halogenated alkanes) is 3. The molecular weight excluding hydrogens is 441 g/mol. The molecule has 174 valence electrons. The highest BCUT2D eigenvalue weighted by atomic mass is 35.5. The second kappa shape index (κ2) is 14.9. The van der Waals surface area contributed by atoms with Crippen LogP contribution in [-0.2, 0) is 19.1 Å². The summed E-state index contributed by atoms with van der Waals surface area (Å²) in [5, 5.41) is 9.44. The van der Waals surface area contributed by atoms with Crippen molar-refractivity contribution in [1.82, 2.24) is 10.6 Å². The zero-order chi connectivity index (χ0) is 23.2. The summed E-state index contributed by atoms with van der Waals surface area (Å²) in [6.07, 6.45) is 5.35. The highest BCUT2D eigenvalue weighted by Gasteiger charge is 2.24. The Morgan fingerprint density at radius 1 is 1.06 bits per heavy atom. The zero-order valence-corrected chi connectivity index (χ0v) is 19.9. The van der Waals surface area contributed by atoms with Gasteiger partial charge in [-0.3, -0.25) is 9.59 Å². The van der Waals surface area contributed by atoms with Crippen LogP contribution in [0.3, 0.4) is 0 Å². The van der Waals surface area contributed by atoms with Crippen LogP contribution >= 0.6 is 23.2 Å². The lowest BCUT2D eigenvalue weighted by atomic mass is 10.1. The van der Waals surface area contributed by atoms with Crippen molar-refractivity contribution in [2.24, 2.45) is 0 Å². The van der Waals surface area contributed by atoms with Crippen LogP contribution < -0.4 is 16.0 Å². The minimum absolute atomic E-state index is 0.0495. The molecule has 3 N–H and O–H groups in total. The molecule has 1 rings (SSSR count). The molecule has 0 aliphatic carbocycles. The Kier molecular flexibility index (Phi) is 13.0. The summed E-state index contributed by atoms with van der Waals surface area (Å²) < 4.78 is 4.81. The van der Waals surface area contributed by atoms with Gasteiger partial charge in [0.05, 0.1) is 17.2 Å². The SMILES string of the molecule is CCCCCC(=O)NCCCC[C@H](NC(=O)[C@H](C)Nc1ccc(Cl)c(Cl)c1)C(=O)OC. The van der Waals surface area contributed by atoms with Gasteiger partial charge in [-0.2, -0.15) is 0 Å². The maximum atomic E-state index is 12.5. The first-order chi connectivity index (χ1) is 14.8. The number of hydrogen-bond acceptors (Lipinski definition) is 5. The first kappa shape index (κ1) is 27.0. The highest BCUT2D eigenvalue weighted by molar-refractivity contribution is 6.42. The van der Waals surface area contributed by atoms with Crippen molar-refractivity contribution >= 4 is 46.7 Å². The Morgan fingerprint density at radius 2 is 1.81 bits per heavy atom. The lowest BCUT2D eigenvalue weighted by molar-refractivity contribution is -0.145. The maximum Gasteiger partial charge on any atom is 0.328 e. The zero-order valence-electron chi connectivity index (χ0n) is 18.4. The lowest BCUT2D eigenvalue weighted by Crippen LogP contribution is -2.47. The van der Waals surface area contributed by atoms with Gasteiger partial charge in [-0.05, 0) is 50.8 Å². The minimum Gasteiger partial charge on any atom is -0.467 e. The third-order valence-electron chi connectivity index (χ3n) is 4.75. The van der Waals surface area contributed by atoms with E-state index in [1.807, 2.05) is 0 Å². The van der Waals surface area contributed by atoms with Crippen molar-refractivity contribution in [1.29, 1.82) is 0 Å². The number of ether oxygens (including phenoxy) is 1. The quantitative estimate of drug-likeness (QED) is 0.276. The average molecular weight is 474 g/mol. The fourth-order valence-electron chi connectivity index (χ4n) is 2.91. The molecule has 0 saturated heterocycles. The summed E-state index contributed by atoms with van der Waals surface area (Å²) in [6, 6.07) is 3.62. The van der Waals surface area contributed by atoms with Crippen molar-refractivity contribution < 1.29 is 19.1 Å². The van der Waals surface area contributed by atoms with Crippen LogP contribution in [0.5, 0.6) is 0 Å². The van der Waals surface area contributed by atoms with E-state index in [1.165, 1.54) is 7.11 Å². The van der Waals surface area contributed by atoms with E-state index in [4.69, 9.17) is 27.9 Å². The molecule has 0 unspecified atom stereocenters. The minimum atomic E-state index is -0.754. The van der Waals surface area contributed by atoms with E-state index in [1.54, 1.807) is 25.1 Å². The molecule has 2 amide bonds. The summed E-state index contributed by atoms with van der Waals surface area (Å²) in [7, 11) is 1.29. The number of methoxy groups -OCH3 is 1. The average Bonchev–Trinajstić information content (AvgIpc) is 2.74. The molecule has 1 aromatic rings. The van der Waals surface area contributed by atoms with Gasteiger partial charge in [-0.15, -0.1) is 0 Å². The van der Waals surface area contributed by atoms with Gasteiger partial charge < -0.3 is 20.7 Å². The Morgan fingerprint density at radius 3 is 2.45 bits per heavy atom. The number of rotatable bonds is 14. The smallest absolute Gasteiger partial charge is 0.328 e. The second-order valence-electron chi connectivity index (χ2n) is 7.38. The predicted molar refractivity (Wildman–Crippen MR) is 124 cm³/mol. The number of esters is 1. The Labute approximate surface area is 194 Å². The largest absolute Gasteiger partial charge is 0.467 e. The number of halogens is 2. The van der Waals surface area contributed by atoms with Gasteiger partial charge in [0.1, 0.15) is 12.1 Å². The van der Waals surface area contributed by atoms with Gasteiger partial charge in [-0.25, -0.2) is 4.79 Å². The number of nitrogens with one attached hydrogen (secondary N) is 3. The molecule has 0 fully saturated rings. The molecule has 0 radical (unpaired) electrons. The van der Waals surface area contributed by atoms with E-state index in [9.17, 15) is 14.4 Å². The van der Waals surface area contributed by atoms with Crippen LogP contribution in [0.4, 0.5) is 5.69 Å². The first-order valence-electron chi connectivity index (χ1n) is 10.6. The van der Waals surface area contributed by atoms with Gasteiger partial charge in [0.25, 0.3) is 0 Å². The first-order valence-corrected chi connectivity index (χ1v) is 11.4. The van der Waals surface area contributed by atoms with Crippen LogP contribution in [0.2, 0.25) is 10.0 Å². The van der Waals surface area contributed by atoms with Crippen molar-refractivity contribution in [3.63, 3.8) is 0 Å². The third kappa shape index (κ3) is 10.7. The van der Waals surface area contributed by atoms with Gasteiger partial charge in [0.2, 0.25) is 11.8 Å². The molecular formula is C22H33Cl2N3O4. The standard InChI is InChI=1S/C22H33Cl2N3O4/c1-4-5-6-10-20(28)25-13-8-7-9-19(22(30)31-3)27-21(29)15(2)26-16-11-12-17(23)18(24)14-16/h11-12,14-15,19,26H,4-10,13H2,1-3H3,(H,25,28)(H,27,29)/t15-,19-/m0/s1. The lowest BCUT2D eigenvalue weighted by Gasteiger charge is -2.20. The van der Waals surface area contributed by atoms with Gasteiger partial charge in [0.15, 0.2) is 0 Å². The molecule has 7 nitrogen and oxygen atoms in total. The highest BCUT2D eigenvalue weighted by Crippen LogP contribution is 2.25. The Balaban J connectivity index is 2.44. The van der Waals surface area contributed by atoms with Gasteiger partial charge in [0, 0.05) is 18.7 Å². The predicted octanol–water partition coefficient (Wildman–Crippen LogP) is 4.32. The van der Waals surface area contributed by atoms with E-state index >= 15 is 0 Å².